The number of hydrogen-bond acceptors (Lipinski definition) is 3. The molecule has 102 valence electrons. The molecule has 20 heavy (non-hydrogen) atoms. The zero-order valence-corrected chi connectivity index (χ0v) is 11.2. The molecule has 3 aromatic rings. The minimum Gasteiger partial charge on any atom is -0.497 e. The summed E-state index contributed by atoms with van der Waals surface area (Å²) in [5, 5.41) is 0. The van der Waals surface area contributed by atoms with E-state index in [1.807, 2.05) is 24.3 Å². The largest absolute Gasteiger partial charge is 0.497 e. The highest BCUT2D eigenvalue weighted by Gasteiger charge is 2.12. The molecule has 0 aliphatic carbocycles. The second kappa shape index (κ2) is 4.52. The number of imidazole rings is 1. The number of hydrogen-bond donors (Lipinski definition) is 1. The van der Waals surface area contributed by atoms with Gasteiger partial charge in [0.1, 0.15) is 11.6 Å². The van der Waals surface area contributed by atoms with E-state index in [0.717, 1.165) is 17.0 Å². The molecule has 0 saturated heterocycles. The van der Waals surface area contributed by atoms with Gasteiger partial charge in [0.05, 0.1) is 18.1 Å². The van der Waals surface area contributed by atoms with E-state index in [1.54, 1.807) is 24.7 Å². The van der Waals surface area contributed by atoms with Crippen LogP contribution in [0.5, 0.6) is 5.75 Å². The monoisotopic (exact) mass is 271 g/mol. The van der Waals surface area contributed by atoms with Crippen molar-refractivity contribution in [1.82, 2.24) is 9.55 Å². The van der Waals surface area contributed by atoms with Crippen LogP contribution in [0.25, 0.3) is 16.7 Å². The van der Waals surface area contributed by atoms with Gasteiger partial charge in [0, 0.05) is 11.8 Å². The molecule has 0 atom stereocenters. The summed E-state index contributed by atoms with van der Waals surface area (Å²) in [4.78, 5) is 4.20. The highest BCUT2D eigenvalue weighted by Crippen LogP contribution is 2.26. The number of nitrogens with two attached hydrogens (primary N) is 1. The second-order valence-corrected chi connectivity index (χ2v) is 4.59. The summed E-state index contributed by atoms with van der Waals surface area (Å²) in [6.07, 6.45) is 0. The van der Waals surface area contributed by atoms with Crippen LogP contribution in [-0.2, 0) is 0 Å². The van der Waals surface area contributed by atoms with Crippen molar-refractivity contribution in [1.29, 1.82) is 0 Å². The average Bonchev–Trinajstić information content (AvgIpc) is 2.75. The number of aromatic nitrogens is 2. The fourth-order valence-electron chi connectivity index (χ4n) is 2.22. The number of aryl methyl sites for hydroxylation is 1. The number of methoxy groups -OCH3 is 1. The van der Waals surface area contributed by atoms with Crippen LogP contribution < -0.4 is 10.5 Å². The molecule has 5 heteroatoms. The first-order valence-electron chi connectivity index (χ1n) is 6.18. The molecule has 0 spiro atoms. The zero-order chi connectivity index (χ0) is 14.3. The smallest absolute Gasteiger partial charge is 0.205 e. The summed E-state index contributed by atoms with van der Waals surface area (Å²) in [5.41, 5.74) is 8.70. The van der Waals surface area contributed by atoms with Gasteiger partial charge in [0.2, 0.25) is 5.95 Å². The molecule has 0 aliphatic heterocycles. The van der Waals surface area contributed by atoms with Crippen LogP contribution in [0, 0.1) is 12.7 Å². The molecule has 2 N–H and O–H groups in total. The standard InChI is InChI=1S/C15H14FN3O/c1-9-7-14-13(8-12(9)16)18-15(17)19(14)10-3-5-11(20-2)6-4-10/h3-8H,1-2H3,(H2,17,18). The number of rotatable bonds is 2. The van der Waals surface area contributed by atoms with Crippen molar-refractivity contribution in [3.05, 3.63) is 47.8 Å². The minimum atomic E-state index is -0.281. The van der Waals surface area contributed by atoms with Crippen molar-refractivity contribution in [2.75, 3.05) is 12.8 Å². The highest BCUT2D eigenvalue weighted by molar-refractivity contribution is 5.81. The summed E-state index contributed by atoms with van der Waals surface area (Å²) >= 11 is 0. The van der Waals surface area contributed by atoms with Crippen LogP contribution in [0.3, 0.4) is 0 Å². The van der Waals surface area contributed by atoms with Gasteiger partial charge in [0.25, 0.3) is 0 Å². The van der Waals surface area contributed by atoms with Gasteiger partial charge in [0.15, 0.2) is 0 Å². The summed E-state index contributed by atoms with van der Waals surface area (Å²) in [7, 11) is 1.61. The molecule has 0 aliphatic rings. The lowest BCUT2D eigenvalue weighted by Crippen LogP contribution is -2.00. The predicted octanol–water partition coefficient (Wildman–Crippen LogP) is 3.06. The fourth-order valence-corrected chi connectivity index (χ4v) is 2.22. The second-order valence-electron chi connectivity index (χ2n) is 4.59. The van der Waals surface area contributed by atoms with E-state index in [4.69, 9.17) is 10.5 Å². The Morgan fingerprint density at radius 2 is 1.90 bits per heavy atom. The van der Waals surface area contributed by atoms with Crippen molar-refractivity contribution in [3.63, 3.8) is 0 Å². The SMILES string of the molecule is COc1ccc(-n2c(N)nc3cc(F)c(C)cc32)cc1. The van der Waals surface area contributed by atoms with Gasteiger partial charge in [-0.05, 0) is 42.8 Å². The molecule has 1 heterocycles. The van der Waals surface area contributed by atoms with E-state index in [2.05, 4.69) is 4.98 Å². The van der Waals surface area contributed by atoms with Gasteiger partial charge >= 0.3 is 0 Å². The van der Waals surface area contributed by atoms with E-state index in [0.29, 0.717) is 17.0 Å². The van der Waals surface area contributed by atoms with Crippen molar-refractivity contribution in [2.45, 2.75) is 6.92 Å². The normalized spacial score (nSPS) is 10.9. The molecule has 2 aromatic carbocycles. The number of nitrogen functional groups attached to an aromatic ring is 1. The first-order chi connectivity index (χ1) is 9.60. The molecule has 4 nitrogen and oxygen atoms in total. The van der Waals surface area contributed by atoms with E-state index < -0.39 is 0 Å². The van der Waals surface area contributed by atoms with Crippen LogP contribution in [0.4, 0.5) is 10.3 Å². The Bertz CT molecular complexity index is 778. The average molecular weight is 271 g/mol. The molecule has 0 bridgehead atoms. The summed E-state index contributed by atoms with van der Waals surface area (Å²) < 4.78 is 20.5. The van der Waals surface area contributed by atoms with Crippen molar-refractivity contribution < 1.29 is 9.13 Å². The van der Waals surface area contributed by atoms with E-state index in [1.165, 1.54) is 6.07 Å². The number of anilines is 1. The van der Waals surface area contributed by atoms with Crippen molar-refractivity contribution >= 4 is 17.0 Å². The predicted molar refractivity (Wildman–Crippen MR) is 76.7 cm³/mol. The van der Waals surface area contributed by atoms with Gasteiger partial charge in [-0.25, -0.2) is 9.37 Å². The molecule has 1 aromatic heterocycles. The molecular formula is C15H14FN3O. The number of benzene rings is 2. The Balaban J connectivity index is 2.23. The fraction of sp³-hybridized carbons (Fsp3) is 0.133. The number of halogens is 1. The molecule has 0 amide bonds. The number of ether oxygens (including phenoxy) is 1. The van der Waals surface area contributed by atoms with Crippen LogP contribution in [0.15, 0.2) is 36.4 Å². The van der Waals surface area contributed by atoms with Gasteiger partial charge < -0.3 is 10.5 Å². The maximum Gasteiger partial charge on any atom is 0.205 e. The quantitative estimate of drug-likeness (QED) is 0.779. The molecule has 0 radical (unpaired) electrons. The molecular weight excluding hydrogens is 257 g/mol. The van der Waals surface area contributed by atoms with Gasteiger partial charge in [-0.15, -0.1) is 0 Å². The summed E-state index contributed by atoms with van der Waals surface area (Å²) in [5.74, 6) is 0.811. The van der Waals surface area contributed by atoms with Gasteiger partial charge in [-0.2, -0.15) is 0 Å². The van der Waals surface area contributed by atoms with Gasteiger partial charge in [-0.3, -0.25) is 4.57 Å². The lowest BCUT2D eigenvalue weighted by Gasteiger charge is -2.08. The minimum absolute atomic E-state index is 0.281. The van der Waals surface area contributed by atoms with E-state index in [-0.39, 0.29) is 5.82 Å². The van der Waals surface area contributed by atoms with Crippen LogP contribution in [0.1, 0.15) is 5.56 Å². The van der Waals surface area contributed by atoms with Crippen LogP contribution in [-0.4, -0.2) is 16.7 Å². The Kier molecular flexibility index (Phi) is 2.82. The van der Waals surface area contributed by atoms with E-state index in [9.17, 15) is 4.39 Å². The Morgan fingerprint density at radius 3 is 2.55 bits per heavy atom. The lowest BCUT2D eigenvalue weighted by molar-refractivity contribution is 0.415. The van der Waals surface area contributed by atoms with E-state index >= 15 is 0 Å². The zero-order valence-electron chi connectivity index (χ0n) is 11.2. The van der Waals surface area contributed by atoms with Crippen LogP contribution in [0.2, 0.25) is 0 Å². The van der Waals surface area contributed by atoms with Gasteiger partial charge in [-0.1, -0.05) is 0 Å². The van der Waals surface area contributed by atoms with Crippen molar-refractivity contribution in [3.8, 4) is 11.4 Å². The molecule has 0 unspecified atom stereocenters. The number of fused-ring (bicyclic) bond motifs is 1. The molecule has 3 rings (SSSR count). The maximum atomic E-state index is 13.6. The first-order valence-corrected chi connectivity index (χ1v) is 6.18. The first kappa shape index (κ1) is 12.5. The molecule has 0 fully saturated rings. The van der Waals surface area contributed by atoms with Crippen LogP contribution >= 0.6 is 0 Å². The topological polar surface area (TPSA) is 53.1 Å². The maximum absolute atomic E-state index is 13.6. The Morgan fingerprint density at radius 1 is 1.20 bits per heavy atom. The Labute approximate surface area is 115 Å². The Hall–Kier alpha value is -2.56. The summed E-state index contributed by atoms with van der Waals surface area (Å²) in [6, 6.07) is 10.6. The van der Waals surface area contributed by atoms with Crippen molar-refractivity contribution in [2.24, 2.45) is 0 Å². The summed E-state index contributed by atoms with van der Waals surface area (Å²) in [6.45, 7) is 1.72. The third kappa shape index (κ3) is 1.87. The third-order valence-corrected chi connectivity index (χ3v) is 3.29. The number of nitrogens with zero attached hydrogens (tertiary/aromatic N) is 2. The highest BCUT2D eigenvalue weighted by atomic mass is 19.1. The molecule has 0 saturated carbocycles. The third-order valence-electron chi connectivity index (χ3n) is 3.29. The lowest BCUT2D eigenvalue weighted by atomic mass is 10.2.